The molecule has 5 rings (SSSR count). The van der Waals surface area contributed by atoms with Gasteiger partial charge in [0.05, 0.1) is 34.2 Å². The summed E-state index contributed by atoms with van der Waals surface area (Å²) in [5.74, 6) is 0.657. The van der Waals surface area contributed by atoms with Crippen LogP contribution in [0.25, 0.3) is 21.9 Å². The summed E-state index contributed by atoms with van der Waals surface area (Å²) in [6.45, 7) is 6.75. The minimum absolute atomic E-state index is 0.0329. The topological polar surface area (TPSA) is 16.4 Å². The molecule has 3 aromatic carbocycles. The van der Waals surface area contributed by atoms with Crippen LogP contribution in [0.1, 0.15) is 69.9 Å². The first-order valence-electron chi connectivity index (χ1n) is 11.4. The molecule has 0 atom stereocenters. The van der Waals surface area contributed by atoms with Crippen LogP contribution in [-0.4, -0.2) is 0 Å². The van der Waals surface area contributed by atoms with Gasteiger partial charge in [-0.05, 0) is 41.9 Å². The first kappa shape index (κ1) is 20.9. The maximum absolute atomic E-state index is 6.62. The molecule has 0 aliphatic heterocycles. The van der Waals surface area contributed by atoms with E-state index in [1.807, 2.05) is 0 Å². The van der Waals surface area contributed by atoms with E-state index in [-0.39, 0.29) is 5.41 Å². The summed E-state index contributed by atoms with van der Waals surface area (Å²) in [4.78, 5) is 0. The van der Waals surface area contributed by atoms with Gasteiger partial charge >= 0.3 is 0 Å². The Morgan fingerprint density at radius 1 is 0.774 bits per heavy atom. The molecular weight excluding hydrogens is 493 g/mol. The Hall–Kier alpha value is -2.01. The highest BCUT2D eigenvalue weighted by Gasteiger charge is 2.24. The number of hydrogen-bond donors (Lipinski definition) is 0. The van der Waals surface area contributed by atoms with E-state index in [1.165, 1.54) is 59.7 Å². The van der Waals surface area contributed by atoms with E-state index in [1.54, 1.807) is 0 Å². The minimum atomic E-state index is 0.0329. The van der Waals surface area contributed by atoms with E-state index >= 15 is 0 Å². The van der Waals surface area contributed by atoms with Crippen molar-refractivity contribution in [3.05, 3.63) is 71.8 Å². The third kappa shape index (κ3) is 3.75. The van der Waals surface area contributed by atoms with Crippen molar-refractivity contribution in [1.82, 2.24) is 0 Å². The Kier molecular flexibility index (Phi) is 5.49. The molecule has 0 unspecified atom stereocenters. The van der Waals surface area contributed by atoms with Crippen LogP contribution in [0.5, 0.6) is 0 Å². The summed E-state index contributed by atoms with van der Waals surface area (Å²) < 4.78 is 8.93. The van der Waals surface area contributed by atoms with Crippen LogP contribution in [0.4, 0.5) is 11.4 Å². The predicted molar refractivity (Wildman–Crippen MR) is 141 cm³/mol. The van der Waals surface area contributed by atoms with Crippen LogP contribution >= 0.6 is 22.9 Å². The number of halogens is 1. The molecule has 0 radical (unpaired) electrons. The van der Waals surface area contributed by atoms with Crippen LogP contribution in [-0.2, 0) is 5.41 Å². The third-order valence-electron chi connectivity index (χ3n) is 6.72. The zero-order valence-corrected chi connectivity index (χ0v) is 20.8. The zero-order chi connectivity index (χ0) is 21.6. The van der Waals surface area contributed by atoms with Gasteiger partial charge in [0.15, 0.2) is 5.58 Å². The Bertz CT molecular complexity index is 1230. The lowest BCUT2D eigenvalue weighted by molar-refractivity contribution is 0.444. The molecule has 1 fully saturated rings. The number of benzene rings is 3. The lowest BCUT2D eigenvalue weighted by atomic mass is 9.83. The smallest absolute Gasteiger partial charge is 0.159 e. The van der Waals surface area contributed by atoms with E-state index in [2.05, 4.69) is 107 Å². The van der Waals surface area contributed by atoms with Crippen LogP contribution in [0, 0.1) is 0 Å². The van der Waals surface area contributed by atoms with Gasteiger partial charge in [0.25, 0.3) is 0 Å². The van der Waals surface area contributed by atoms with Crippen LogP contribution < -0.4 is 3.11 Å². The van der Waals surface area contributed by atoms with Gasteiger partial charge in [0.2, 0.25) is 0 Å². The van der Waals surface area contributed by atoms with Gasteiger partial charge in [-0.15, -0.1) is 0 Å². The Morgan fingerprint density at radius 3 is 2.16 bits per heavy atom. The molecule has 0 amide bonds. The highest BCUT2D eigenvalue weighted by Crippen LogP contribution is 2.45. The Labute approximate surface area is 199 Å². The lowest BCUT2D eigenvalue weighted by Gasteiger charge is -2.27. The number of nitrogens with zero attached hydrogens (tertiary/aromatic N) is 1. The second kappa shape index (κ2) is 8.16. The van der Waals surface area contributed by atoms with Crippen molar-refractivity contribution >= 4 is 56.2 Å². The molecule has 160 valence electrons. The highest BCUT2D eigenvalue weighted by atomic mass is 127. The van der Waals surface area contributed by atoms with Gasteiger partial charge in [0, 0.05) is 16.3 Å². The SMILES string of the molecule is CC(C)(C)c1cccc2c1oc1c(N(I)c3ccccc3C3CCCCC3)cccc12. The number of hydrogen-bond acceptors (Lipinski definition) is 2. The summed E-state index contributed by atoms with van der Waals surface area (Å²) in [5, 5.41) is 2.39. The Balaban J connectivity index is 1.66. The van der Waals surface area contributed by atoms with Crippen molar-refractivity contribution < 1.29 is 4.42 Å². The average Bonchev–Trinajstić information content (AvgIpc) is 3.17. The second-order valence-corrected chi connectivity index (χ2v) is 10.8. The van der Waals surface area contributed by atoms with E-state index in [0.717, 1.165) is 16.9 Å². The van der Waals surface area contributed by atoms with E-state index < -0.39 is 0 Å². The minimum Gasteiger partial charge on any atom is -0.454 e. The summed E-state index contributed by atoms with van der Waals surface area (Å²) in [5.41, 5.74) is 7.17. The van der Waals surface area contributed by atoms with Gasteiger partial charge in [-0.2, -0.15) is 0 Å². The van der Waals surface area contributed by atoms with Crippen molar-refractivity contribution in [3.8, 4) is 0 Å². The van der Waals surface area contributed by atoms with E-state index in [4.69, 9.17) is 4.42 Å². The quantitative estimate of drug-likeness (QED) is 0.196. The standard InChI is InChI=1S/C28H30INO/c1-28(2,3)23-16-9-14-21-22-15-10-18-25(27(22)31-26(21)23)30(29)24-17-8-7-13-20(24)19-11-5-4-6-12-19/h7-10,13-19H,4-6,11-12H2,1-3H3. The Morgan fingerprint density at radius 2 is 1.42 bits per heavy atom. The zero-order valence-electron chi connectivity index (χ0n) is 18.6. The normalized spacial score (nSPS) is 15.6. The number of para-hydroxylation sites is 3. The number of anilines is 2. The maximum atomic E-state index is 6.62. The summed E-state index contributed by atoms with van der Waals surface area (Å²) >= 11 is 2.47. The molecule has 1 aliphatic carbocycles. The molecule has 1 heterocycles. The molecular formula is C28H30INO. The molecule has 0 spiro atoms. The van der Waals surface area contributed by atoms with Crippen molar-refractivity contribution in [1.29, 1.82) is 0 Å². The van der Waals surface area contributed by atoms with Crippen LogP contribution in [0.2, 0.25) is 0 Å². The van der Waals surface area contributed by atoms with Crippen LogP contribution in [0.15, 0.2) is 65.1 Å². The van der Waals surface area contributed by atoms with Gasteiger partial charge in [-0.3, -0.25) is 3.11 Å². The van der Waals surface area contributed by atoms with Gasteiger partial charge < -0.3 is 4.42 Å². The van der Waals surface area contributed by atoms with Crippen molar-refractivity contribution in [3.63, 3.8) is 0 Å². The molecule has 3 heteroatoms. The monoisotopic (exact) mass is 523 g/mol. The summed E-state index contributed by atoms with van der Waals surface area (Å²) in [6.07, 6.45) is 6.65. The molecule has 2 nitrogen and oxygen atoms in total. The van der Waals surface area contributed by atoms with Crippen molar-refractivity contribution in [2.24, 2.45) is 0 Å². The van der Waals surface area contributed by atoms with Crippen molar-refractivity contribution in [2.45, 2.75) is 64.2 Å². The number of furan rings is 1. The average molecular weight is 523 g/mol. The molecule has 31 heavy (non-hydrogen) atoms. The molecule has 0 N–H and O–H groups in total. The fraction of sp³-hybridized carbons (Fsp3) is 0.357. The van der Waals surface area contributed by atoms with Crippen molar-refractivity contribution in [2.75, 3.05) is 3.11 Å². The molecule has 0 bridgehead atoms. The first-order chi connectivity index (χ1) is 14.9. The molecule has 4 aromatic rings. The largest absolute Gasteiger partial charge is 0.454 e. The fourth-order valence-electron chi connectivity index (χ4n) is 5.11. The number of rotatable bonds is 3. The third-order valence-corrected chi connectivity index (χ3v) is 7.76. The fourth-order valence-corrected chi connectivity index (χ4v) is 5.92. The molecule has 1 aliphatic rings. The van der Waals surface area contributed by atoms with Gasteiger partial charge in [-0.1, -0.05) is 88.6 Å². The maximum Gasteiger partial charge on any atom is 0.159 e. The lowest BCUT2D eigenvalue weighted by Crippen LogP contribution is -2.11. The predicted octanol–water partition coefficient (Wildman–Crippen LogP) is 9.42. The van der Waals surface area contributed by atoms with Gasteiger partial charge in [0.1, 0.15) is 5.58 Å². The van der Waals surface area contributed by atoms with Crippen LogP contribution in [0.3, 0.4) is 0 Å². The van der Waals surface area contributed by atoms with E-state index in [0.29, 0.717) is 5.92 Å². The second-order valence-electron chi connectivity index (χ2n) is 9.86. The summed E-state index contributed by atoms with van der Waals surface area (Å²) in [7, 11) is 0. The highest BCUT2D eigenvalue weighted by molar-refractivity contribution is 14.1. The summed E-state index contributed by atoms with van der Waals surface area (Å²) in [6, 6.07) is 22.0. The van der Waals surface area contributed by atoms with E-state index in [9.17, 15) is 0 Å². The molecule has 0 saturated heterocycles. The number of fused-ring (bicyclic) bond motifs is 3. The molecule has 1 aromatic heterocycles. The van der Waals surface area contributed by atoms with Gasteiger partial charge in [-0.25, -0.2) is 0 Å². The first-order valence-corrected chi connectivity index (χ1v) is 12.4. The molecule has 1 saturated carbocycles.